The summed E-state index contributed by atoms with van der Waals surface area (Å²) in [5, 5.41) is 0. The molecule has 3 nitrogen and oxygen atoms in total. The zero-order valence-electron chi connectivity index (χ0n) is 10.2. The predicted molar refractivity (Wildman–Crippen MR) is 80.5 cm³/mol. The fourth-order valence-electron chi connectivity index (χ4n) is 2.53. The van der Waals surface area contributed by atoms with Crippen molar-refractivity contribution in [1.82, 2.24) is 9.97 Å². The van der Waals surface area contributed by atoms with Gasteiger partial charge < -0.3 is 5.73 Å². The summed E-state index contributed by atoms with van der Waals surface area (Å²) in [4.78, 5) is 9.06. The lowest BCUT2D eigenvalue weighted by Crippen LogP contribution is -2.10. The first-order chi connectivity index (χ1) is 8.65. The van der Waals surface area contributed by atoms with E-state index in [0.717, 1.165) is 27.9 Å². The molecule has 1 heterocycles. The SMILES string of the molecule is Cc1nc(C2Cc3ccccc3C2)nc(N)c1I. The highest BCUT2D eigenvalue weighted by Gasteiger charge is 2.25. The van der Waals surface area contributed by atoms with Crippen LogP contribution < -0.4 is 5.73 Å². The maximum absolute atomic E-state index is 5.94. The van der Waals surface area contributed by atoms with Crippen LogP contribution in [-0.4, -0.2) is 9.97 Å². The standard InChI is InChI=1S/C14H14IN3/c1-8-12(15)13(16)18-14(17-8)11-6-9-4-2-3-5-10(9)7-11/h2-5,11H,6-7H2,1H3,(H2,16,17,18). The van der Waals surface area contributed by atoms with Crippen molar-refractivity contribution in [2.24, 2.45) is 0 Å². The number of aryl methyl sites for hydroxylation is 1. The second kappa shape index (κ2) is 4.50. The second-order valence-corrected chi connectivity index (χ2v) is 5.82. The summed E-state index contributed by atoms with van der Waals surface area (Å²) in [5.41, 5.74) is 9.75. The van der Waals surface area contributed by atoms with Gasteiger partial charge in [-0.1, -0.05) is 24.3 Å². The van der Waals surface area contributed by atoms with Gasteiger partial charge in [-0.05, 0) is 53.5 Å². The van der Waals surface area contributed by atoms with Crippen molar-refractivity contribution in [3.63, 3.8) is 0 Å². The summed E-state index contributed by atoms with van der Waals surface area (Å²) in [7, 11) is 0. The van der Waals surface area contributed by atoms with E-state index >= 15 is 0 Å². The van der Waals surface area contributed by atoms with Crippen LogP contribution in [0.4, 0.5) is 5.82 Å². The molecular formula is C14H14IN3. The zero-order chi connectivity index (χ0) is 12.7. The molecule has 4 heteroatoms. The molecule has 1 aliphatic carbocycles. The molecule has 0 saturated carbocycles. The molecule has 0 unspecified atom stereocenters. The van der Waals surface area contributed by atoms with Crippen LogP contribution in [0, 0.1) is 10.5 Å². The monoisotopic (exact) mass is 351 g/mol. The fraction of sp³-hybridized carbons (Fsp3) is 0.286. The lowest BCUT2D eigenvalue weighted by atomic mass is 10.1. The van der Waals surface area contributed by atoms with Crippen molar-refractivity contribution in [3.8, 4) is 0 Å². The van der Waals surface area contributed by atoms with Crippen molar-refractivity contribution in [3.05, 3.63) is 50.5 Å². The Labute approximate surface area is 120 Å². The van der Waals surface area contributed by atoms with Gasteiger partial charge in [0.05, 0.1) is 9.26 Å². The number of nitrogens with two attached hydrogens (primary N) is 1. The molecule has 0 spiro atoms. The molecule has 2 N–H and O–H groups in total. The Morgan fingerprint density at radius 1 is 1.17 bits per heavy atom. The van der Waals surface area contributed by atoms with Crippen molar-refractivity contribution >= 4 is 28.4 Å². The van der Waals surface area contributed by atoms with E-state index < -0.39 is 0 Å². The quantitative estimate of drug-likeness (QED) is 0.804. The highest BCUT2D eigenvalue weighted by Crippen LogP contribution is 2.33. The third-order valence-corrected chi connectivity index (χ3v) is 4.81. The van der Waals surface area contributed by atoms with E-state index in [1.165, 1.54) is 11.1 Å². The summed E-state index contributed by atoms with van der Waals surface area (Å²) in [6.07, 6.45) is 2.05. The molecular weight excluding hydrogens is 337 g/mol. The van der Waals surface area contributed by atoms with Crippen molar-refractivity contribution in [1.29, 1.82) is 0 Å². The number of halogens is 1. The number of nitrogens with zero attached hydrogens (tertiary/aromatic N) is 2. The van der Waals surface area contributed by atoms with Crippen molar-refractivity contribution in [2.75, 3.05) is 5.73 Å². The Hall–Kier alpha value is -1.17. The number of hydrogen-bond acceptors (Lipinski definition) is 3. The van der Waals surface area contributed by atoms with Crippen LogP contribution in [-0.2, 0) is 12.8 Å². The molecule has 0 bridgehead atoms. The van der Waals surface area contributed by atoms with E-state index in [9.17, 15) is 0 Å². The van der Waals surface area contributed by atoms with E-state index in [1.807, 2.05) is 6.92 Å². The Kier molecular flexibility index (Phi) is 2.97. The van der Waals surface area contributed by atoms with Gasteiger partial charge in [-0.2, -0.15) is 0 Å². The fourth-order valence-corrected chi connectivity index (χ4v) is 2.77. The van der Waals surface area contributed by atoms with Gasteiger partial charge in [0.2, 0.25) is 0 Å². The van der Waals surface area contributed by atoms with Crippen LogP contribution in [0.1, 0.15) is 28.6 Å². The van der Waals surface area contributed by atoms with E-state index in [-0.39, 0.29) is 0 Å². The maximum Gasteiger partial charge on any atom is 0.140 e. The highest BCUT2D eigenvalue weighted by atomic mass is 127. The van der Waals surface area contributed by atoms with E-state index in [1.54, 1.807) is 0 Å². The molecule has 92 valence electrons. The lowest BCUT2D eigenvalue weighted by Gasteiger charge is -2.10. The Morgan fingerprint density at radius 3 is 2.33 bits per heavy atom. The molecule has 18 heavy (non-hydrogen) atoms. The van der Waals surface area contributed by atoms with Gasteiger partial charge in [0, 0.05) is 5.92 Å². The second-order valence-electron chi connectivity index (χ2n) is 4.74. The molecule has 0 fully saturated rings. The number of aromatic nitrogens is 2. The van der Waals surface area contributed by atoms with E-state index in [0.29, 0.717) is 11.7 Å². The van der Waals surface area contributed by atoms with Crippen LogP contribution >= 0.6 is 22.6 Å². The Bertz CT molecular complexity index is 562. The third-order valence-electron chi connectivity index (χ3n) is 3.48. The van der Waals surface area contributed by atoms with Gasteiger partial charge in [0.15, 0.2) is 0 Å². The summed E-state index contributed by atoms with van der Waals surface area (Å²) in [6, 6.07) is 8.57. The molecule has 2 aromatic rings. The Morgan fingerprint density at radius 2 is 1.78 bits per heavy atom. The van der Waals surface area contributed by atoms with E-state index in [4.69, 9.17) is 5.73 Å². The maximum atomic E-state index is 5.94. The number of benzene rings is 1. The summed E-state index contributed by atoms with van der Waals surface area (Å²) in [6.45, 7) is 1.99. The highest BCUT2D eigenvalue weighted by molar-refractivity contribution is 14.1. The molecule has 1 aromatic heterocycles. The summed E-state index contributed by atoms with van der Waals surface area (Å²) in [5.74, 6) is 1.87. The topological polar surface area (TPSA) is 51.8 Å². The average molecular weight is 351 g/mol. The number of nitrogen functional groups attached to an aromatic ring is 1. The summed E-state index contributed by atoms with van der Waals surface area (Å²) >= 11 is 2.20. The van der Waals surface area contributed by atoms with E-state index in [2.05, 4.69) is 56.8 Å². The normalized spacial score (nSPS) is 14.8. The molecule has 0 radical (unpaired) electrons. The smallest absolute Gasteiger partial charge is 0.140 e. The minimum Gasteiger partial charge on any atom is -0.383 e. The van der Waals surface area contributed by atoms with Gasteiger partial charge in [-0.15, -0.1) is 0 Å². The Balaban J connectivity index is 1.95. The first-order valence-electron chi connectivity index (χ1n) is 6.01. The molecule has 1 aliphatic rings. The first-order valence-corrected chi connectivity index (χ1v) is 7.09. The number of rotatable bonds is 1. The average Bonchev–Trinajstić information content (AvgIpc) is 2.79. The molecule has 0 saturated heterocycles. The summed E-state index contributed by atoms with van der Waals surface area (Å²) < 4.78 is 0.965. The van der Waals surface area contributed by atoms with Gasteiger partial charge in [0.1, 0.15) is 11.6 Å². The van der Waals surface area contributed by atoms with Crippen LogP contribution in [0.25, 0.3) is 0 Å². The van der Waals surface area contributed by atoms with Gasteiger partial charge in [0.25, 0.3) is 0 Å². The number of hydrogen-bond donors (Lipinski definition) is 1. The van der Waals surface area contributed by atoms with Crippen molar-refractivity contribution < 1.29 is 0 Å². The van der Waals surface area contributed by atoms with Crippen LogP contribution in [0.3, 0.4) is 0 Å². The minimum absolute atomic E-state index is 0.375. The molecule has 0 aliphatic heterocycles. The molecule has 0 atom stereocenters. The van der Waals surface area contributed by atoms with Gasteiger partial charge in [-0.3, -0.25) is 0 Å². The molecule has 1 aromatic carbocycles. The number of anilines is 1. The van der Waals surface area contributed by atoms with Crippen LogP contribution in [0.2, 0.25) is 0 Å². The number of fused-ring (bicyclic) bond motifs is 1. The molecule has 3 rings (SSSR count). The van der Waals surface area contributed by atoms with Crippen molar-refractivity contribution in [2.45, 2.75) is 25.7 Å². The van der Waals surface area contributed by atoms with Crippen LogP contribution in [0.5, 0.6) is 0 Å². The van der Waals surface area contributed by atoms with Crippen LogP contribution in [0.15, 0.2) is 24.3 Å². The lowest BCUT2D eigenvalue weighted by molar-refractivity contribution is 0.678. The van der Waals surface area contributed by atoms with Gasteiger partial charge >= 0.3 is 0 Å². The minimum atomic E-state index is 0.375. The third kappa shape index (κ3) is 1.98. The van der Waals surface area contributed by atoms with Gasteiger partial charge in [-0.25, -0.2) is 9.97 Å². The largest absolute Gasteiger partial charge is 0.383 e. The zero-order valence-corrected chi connectivity index (χ0v) is 12.3. The predicted octanol–water partition coefficient (Wildman–Crippen LogP) is 2.85. The molecule has 0 amide bonds. The first kappa shape index (κ1) is 11.9.